The normalized spacial score (nSPS) is 12.3. The highest BCUT2D eigenvalue weighted by Gasteiger charge is 2.06. The van der Waals surface area contributed by atoms with E-state index in [1.54, 1.807) is 0 Å². The number of rotatable bonds is 6. The van der Waals surface area contributed by atoms with E-state index in [0.717, 1.165) is 5.75 Å². The topological polar surface area (TPSA) is 38.3 Å². The molecule has 0 aliphatic rings. The van der Waals surface area contributed by atoms with Crippen LogP contribution in [-0.2, 0) is 4.79 Å². The highest BCUT2D eigenvalue weighted by atomic mass is 35.5. The lowest BCUT2D eigenvalue weighted by Gasteiger charge is -2.15. The highest BCUT2D eigenvalue weighted by Crippen LogP contribution is 2.19. The molecule has 4 heteroatoms. The second-order valence-corrected chi connectivity index (χ2v) is 4.86. The molecule has 1 N–H and O–H groups in total. The second-order valence-electron chi connectivity index (χ2n) is 4.59. The molecule has 1 aromatic rings. The van der Waals surface area contributed by atoms with E-state index in [1.807, 2.05) is 19.1 Å². The van der Waals surface area contributed by atoms with E-state index in [1.165, 1.54) is 5.56 Å². The lowest BCUT2D eigenvalue weighted by atomic mass is 10.0. The zero-order valence-corrected chi connectivity index (χ0v) is 11.8. The summed E-state index contributed by atoms with van der Waals surface area (Å²) in [4.78, 5) is 11.0. The molecule has 18 heavy (non-hydrogen) atoms. The quantitative estimate of drug-likeness (QED) is 0.807. The Morgan fingerprint density at radius 2 is 1.89 bits per heavy atom. The van der Waals surface area contributed by atoms with E-state index in [4.69, 9.17) is 16.3 Å². The van der Waals surface area contributed by atoms with Crippen LogP contribution in [-0.4, -0.2) is 24.4 Å². The Kier molecular flexibility index (Phi) is 5.99. The fraction of sp³-hybridized carbons (Fsp3) is 0.500. The van der Waals surface area contributed by atoms with Crippen molar-refractivity contribution in [1.82, 2.24) is 5.32 Å². The minimum Gasteiger partial charge on any atom is -0.489 e. The summed E-state index contributed by atoms with van der Waals surface area (Å²) in [7, 11) is 0. The van der Waals surface area contributed by atoms with Gasteiger partial charge in [-0.2, -0.15) is 0 Å². The Bertz CT molecular complexity index is 376. The zero-order valence-electron chi connectivity index (χ0n) is 11.1. The number of alkyl halides is 1. The van der Waals surface area contributed by atoms with Crippen LogP contribution in [0.4, 0.5) is 0 Å². The number of hydrogen-bond acceptors (Lipinski definition) is 2. The molecule has 1 amide bonds. The second kappa shape index (κ2) is 7.27. The van der Waals surface area contributed by atoms with Crippen LogP contribution in [0.1, 0.15) is 32.3 Å². The van der Waals surface area contributed by atoms with Crippen molar-refractivity contribution in [2.24, 2.45) is 0 Å². The van der Waals surface area contributed by atoms with Crippen LogP contribution in [0.15, 0.2) is 24.3 Å². The van der Waals surface area contributed by atoms with Crippen molar-refractivity contribution in [3.8, 4) is 5.75 Å². The van der Waals surface area contributed by atoms with Crippen LogP contribution in [0.25, 0.3) is 0 Å². The average molecular weight is 270 g/mol. The first-order valence-electron chi connectivity index (χ1n) is 6.12. The predicted molar refractivity (Wildman–Crippen MR) is 74.4 cm³/mol. The molecule has 0 aliphatic heterocycles. The van der Waals surface area contributed by atoms with Crippen LogP contribution in [0.2, 0.25) is 0 Å². The Hall–Kier alpha value is -1.22. The summed E-state index contributed by atoms with van der Waals surface area (Å²) >= 11 is 5.39. The Morgan fingerprint density at radius 1 is 1.28 bits per heavy atom. The summed E-state index contributed by atoms with van der Waals surface area (Å²) in [5, 5.41) is 2.69. The molecule has 100 valence electrons. The number of carbonyl (C=O) groups excluding carboxylic acids is 1. The van der Waals surface area contributed by atoms with Gasteiger partial charge in [0.15, 0.2) is 0 Å². The van der Waals surface area contributed by atoms with E-state index in [2.05, 4.69) is 31.3 Å². The molecule has 0 heterocycles. The molecule has 0 aromatic heterocycles. The summed E-state index contributed by atoms with van der Waals surface area (Å²) in [5.41, 5.74) is 1.28. The summed E-state index contributed by atoms with van der Waals surface area (Å²) < 4.78 is 5.69. The molecule has 0 radical (unpaired) electrons. The number of ether oxygens (including phenoxy) is 1. The third kappa shape index (κ3) is 4.96. The van der Waals surface area contributed by atoms with Crippen LogP contribution in [0.5, 0.6) is 5.75 Å². The van der Waals surface area contributed by atoms with Crippen LogP contribution in [0, 0.1) is 0 Å². The van der Waals surface area contributed by atoms with Gasteiger partial charge in [-0.1, -0.05) is 26.0 Å². The van der Waals surface area contributed by atoms with Crippen molar-refractivity contribution < 1.29 is 9.53 Å². The van der Waals surface area contributed by atoms with Crippen molar-refractivity contribution in [2.75, 3.05) is 12.4 Å². The lowest BCUT2D eigenvalue weighted by molar-refractivity contribution is -0.119. The zero-order chi connectivity index (χ0) is 13.5. The van der Waals surface area contributed by atoms with Crippen LogP contribution < -0.4 is 10.1 Å². The molecule has 0 aliphatic carbocycles. The van der Waals surface area contributed by atoms with Crippen molar-refractivity contribution >= 4 is 17.5 Å². The van der Waals surface area contributed by atoms with Gasteiger partial charge in [0.25, 0.3) is 0 Å². The molecule has 0 fully saturated rings. The molecule has 0 saturated heterocycles. The van der Waals surface area contributed by atoms with Gasteiger partial charge in [0.2, 0.25) is 5.91 Å². The van der Waals surface area contributed by atoms with Crippen molar-refractivity contribution in [2.45, 2.75) is 32.8 Å². The minimum atomic E-state index is -0.178. The van der Waals surface area contributed by atoms with E-state index in [0.29, 0.717) is 12.5 Å². The molecule has 3 nitrogen and oxygen atoms in total. The lowest BCUT2D eigenvalue weighted by Crippen LogP contribution is -2.34. The van der Waals surface area contributed by atoms with Gasteiger partial charge in [-0.25, -0.2) is 0 Å². The van der Waals surface area contributed by atoms with Crippen molar-refractivity contribution in [3.05, 3.63) is 29.8 Å². The fourth-order valence-corrected chi connectivity index (χ4v) is 1.60. The van der Waals surface area contributed by atoms with E-state index in [9.17, 15) is 4.79 Å². The van der Waals surface area contributed by atoms with E-state index < -0.39 is 0 Å². The van der Waals surface area contributed by atoms with Crippen molar-refractivity contribution in [1.29, 1.82) is 0 Å². The molecule has 1 rings (SSSR count). The fourth-order valence-electron chi connectivity index (χ4n) is 1.51. The first-order chi connectivity index (χ1) is 8.52. The molecule has 1 atom stereocenters. The van der Waals surface area contributed by atoms with Gasteiger partial charge in [0.05, 0.1) is 6.54 Å². The Labute approximate surface area is 113 Å². The van der Waals surface area contributed by atoms with E-state index >= 15 is 0 Å². The standard InChI is InChI=1S/C14H20ClNO2/c1-10(2)12-4-6-13(7-5-12)18-11(3)9-16-14(17)8-15/h4-7,10-11H,8-9H2,1-3H3,(H,16,17). The Morgan fingerprint density at radius 3 is 2.39 bits per heavy atom. The molecule has 0 saturated carbocycles. The summed E-state index contributed by atoms with van der Waals surface area (Å²) in [6, 6.07) is 8.03. The van der Waals surface area contributed by atoms with Gasteiger partial charge in [-0.15, -0.1) is 11.6 Å². The average Bonchev–Trinajstić information content (AvgIpc) is 2.36. The number of halogens is 1. The van der Waals surface area contributed by atoms with E-state index in [-0.39, 0.29) is 17.9 Å². The predicted octanol–water partition coefficient (Wildman–Crippen LogP) is 2.93. The smallest absolute Gasteiger partial charge is 0.235 e. The number of benzene rings is 1. The van der Waals surface area contributed by atoms with Crippen molar-refractivity contribution in [3.63, 3.8) is 0 Å². The van der Waals surface area contributed by atoms with Gasteiger partial charge in [-0.05, 0) is 30.5 Å². The summed E-state index contributed by atoms with van der Waals surface area (Å²) in [6.07, 6.45) is -0.0814. The number of hydrogen-bond donors (Lipinski definition) is 1. The largest absolute Gasteiger partial charge is 0.489 e. The first kappa shape index (κ1) is 14.8. The third-order valence-electron chi connectivity index (χ3n) is 2.59. The molecule has 1 aromatic carbocycles. The van der Waals surface area contributed by atoms with Gasteiger partial charge in [0, 0.05) is 0 Å². The highest BCUT2D eigenvalue weighted by molar-refractivity contribution is 6.27. The molecular weight excluding hydrogens is 250 g/mol. The molecule has 1 unspecified atom stereocenters. The van der Waals surface area contributed by atoms with Gasteiger partial charge < -0.3 is 10.1 Å². The minimum absolute atomic E-state index is 0.0181. The SMILES string of the molecule is CC(CNC(=O)CCl)Oc1ccc(C(C)C)cc1. The third-order valence-corrected chi connectivity index (χ3v) is 2.83. The van der Waals surface area contributed by atoms with Gasteiger partial charge >= 0.3 is 0 Å². The monoisotopic (exact) mass is 269 g/mol. The number of amides is 1. The first-order valence-corrected chi connectivity index (χ1v) is 6.65. The van der Waals surface area contributed by atoms with Crippen LogP contribution in [0.3, 0.4) is 0 Å². The maximum atomic E-state index is 11.0. The number of nitrogens with one attached hydrogen (secondary N) is 1. The Balaban J connectivity index is 2.44. The van der Waals surface area contributed by atoms with Gasteiger partial charge in [0.1, 0.15) is 17.7 Å². The van der Waals surface area contributed by atoms with Crippen LogP contribution >= 0.6 is 11.6 Å². The maximum Gasteiger partial charge on any atom is 0.235 e. The number of carbonyl (C=O) groups is 1. The summed E-state index contributed by atoms with van der Waals surface area (Å²) in [5.74, 6) is 1.13. The van der Waals surface area contributed by atoms with Gasteiger partial charge in [-0.3, -0.25) is 4.79 Å². The molecule has 0 spiro atoms. The molecule has 0 bridgehead atoms. The maximum absolute atomic E-state index is 11.0. The summed E-state index contributed by atoms with van der Waals surface area (Å²) in [6.45, 7) is 6.67. The molecular formula is C14H20ClNO2.